The third kappa shape index (κ3) is 4.27. The molecule has 5 nitrogen and oxygen atoms in total. The predicted octanol–water partition coefficient (Wildman–Crippen LogP) is 4.12. The molecule has 1 aliphatic carbocycles. The van der Waals surface area contributed by atoms with Crippen LogP contribution in [0.1, 0.15) is 46.5 Å². The van der Waals surface area contributed by atoms with Crippen molar-refractivity contribution in [3.63, 3.8) is 0 Å². The number of hydrogen-bond acceptors (Lipinski definition) is 4. The number of rotatable bonds is 4. The van der Waals surface area contributed by atoms with Gasteiger partial charge in [-0.1, -0.05) is 6.07 Å². The number of carbonyl (C=O) groups is 1. The summed E-state index contributed by atoms with van der Waals surface area (Å²) in [5.74, 6) is -0.0394. The lowest BCUT2D eigenvalue weighted by molar-refractivity contribution is -0.120. The zero-order valence-corrected chi connectivity index (χ0v) is 17.0. The molecule has 3 rings (SSSR count). The molecule has 0 aliphatic heterocycles. The second-order valence-corrected chi connectivity index (χ2v) is 11.4. The van der Waals surface area contributed by atoms with Crippen molar-refractivity contribution in [2.24, 2.45) is 5.92 Å². The van der Waals surface area contributed by atoms with Crippen LogP contribution in [0.2, 0.25) is 0 Å². The second kappa shape index (κ2) is 7.29. The van der Waals surface area contributed by atoms with Crippen LogP contribution in [0, 0.1) is 5.92 Å². The first-order chi connectivity index (χ1) is 12.2. The largest absolute Gasteiger partial charge is 0.326 e. The summed E-state index contributed by atoms with van der Waals surface area (Å²) >= 11 is 1.66. The minimum Gasteiger partial charge on any atom is -0.326 e. The van der Waals surface area contributed by atoms with Crippen molar-refractivity contribution in [3.05, 3.63) is 29.6 Å². The van der Waals surface area contributed by atoms with E-state index in [1.54, 1.807) is 32.1 Å². The van der Waals surface area contributed by atoms with Gasteiger partial charge in [0.25, 0.3) is 0 Å². The van der Waals surface area contributed by atoms with E-state index < -0.39 is 14.8 Å². The molecule has 0 saturated heterocycles. The van der Waals surface area contributed by atoms with Gasteiger partial charge in [-0.25, -0.2) is 13.1 Å². The van der Waals surface area contributed by atoms with Crippen LogP contribution >= 0.6 is 11.3 Å². The smallest absolute Gasteiger partial charge is 0.227 e. The summed E-state index contributed by atoms with van der Waals surface area (Å²) < 4.78 is 27.7. The van der Waals surface area contributed by atoms with Gasteiger partial charge in [-0.2, -0.15) is 0 Å². The van der Waals surface area contributed by atoms with Crippen LogP contribution < -0.4 is 10.0 Å². The Kier molecular flexibility index (Phi) is 5.42. The first-order valence-corrected chi connectivity index (χ1v) is 11.3. The van der Waals surface area contributed by atoms with Gasteiger partial charge in [0.05, 0.1) is 4.75 Å². The normalized spacial score (nSPS) is 21.7. The Morgan fingerprint density at radius 2 is 1.81 bits per heavy atom. The van der Waals surface area contributed by atoms with Crippen molar-refractivity contribution in [1.82, 2.24) is 4.72 Å². The highest BCUT2D eigenvalue weighted by Crippen LogP contribution is 2.29. The molecule has 2 aromatic rings. The fraction of sp³-hybridized carbons (Fsp3) is 0.526. The molecule has 2 N–H and O–H groups in total. The number of fused-ring (bicyclic) bond motifs is 1. The van der Waals surface area contributed by atoms with Gasteiger partial charge >= 0.3 is 0 Å². The molecule has 142 valence electrons. The lowest BCUT2D eigenvalue weighted by Crippen LogP contribution is -2.46. The monoisotopic (exact) mass is 394 g/mol. The number of carbonyl (C=O) groups excluding carboxylic acids is 1. The van der Waals surface area contributed by atoms with Crippen molar-refractivity contribution < 1.29 is 13.2 Å². The lowest BCUT2D eigenvalue weighted by atomic mass is 9.86. The first-order valence-electron chi connectivity index (χ1n) is 8.96. The Bertz CT molecular complexity index is 889. The Morgan fingerprint density at radius 3 is 2.46 bits per heavy atom. The average Bonchev–Trinajstić information content (AvgIpc) is 3.01. The number of sulfonamides is 1. The fourth-order valence-electron chi connectivity index (χ4n) is 3.15. The number of thiophene rings is 1. The molecular weight excluding hydrogens is 368 g/mol. The maximum Gasteiger partial charge on any atom is 0.227 e. The summed E-state index contributed by atoms with van der Waals surface area (Å²) in [6, 6.07) is 7.92. The fourth-order valence-corrected chi connectivity index (χ4v) is 5.00. The number of nitrogens with one attached hydrogen (secondary N) is 2. The van der Waals surface area contributed by atoms with E-state index in [-0.39, 0.29) is 17.9 Å². The molecule has 7 heteroatoms. The number of hydrogen-bond donors (Lipinski definition) is 2. The molecule has 1 heterocycles. The maximum atomic E-state index is 12.5. The summed E-state index contributed by atoms with van der Waals surface area (Å²) in [6.07, 6.45) is 2.78. The van der Waals surface area contributed by atoms with E-state index in [0.29, 0.717) is 25.7 Å². The van der Waals surface area contributed by atoms with E-state index in [4.69, 9.17) is 0 Å². The molecular formula is C19H26N2O3S2. The van der Waals surface area contributed by atoms with Gasteiger partial charge in [0.1, 0.15) is 0 Å². The Labute approximate surface area is 159 Å². The van der Waals surface area contributed by atoms with E-state index in [2.05, 4.69) is 16.1 Å². The molecule has 1 saturated carbocycles. The Morgan fingerprint density at radius 1 is 1.12 bits per heavy atom. The molecule has 1 aliphatic rings. The van der Waals surface area contributed by atoms with Crippen LogP contribution in [0.15, 0.2) is 29.6 Å². The van der Waals surface area contributed by atoms with Crippen LogP contribution in [-0.4, -0.2) is 25.1 Å². The Balaban J connectivity index is 1.55. The highest BCUT2D eigenvalue weighted by atomic mass is 32.2. The number of amides is 1. The summed E-state index contributed by atoms with van der Waals surface area (Å²) in [5.41, 5.74) is 0.820. The topological polar surface area (TPSA) is 75.3 Å². The van der Waals surface area contributed by atoms with Crippen molar-refractivity contribution in [2.75, 3.05) is 5.32 Å². The Hall–Kier alpha value is -1.44. The quantitative estimate of drug-likeness (QED) is 0.819. The molecule has 1 amide bonds. The third-order valence-corrected chi connectivity index (χ3v) is 8.09. The molecule has 0 atom stereocenters. The van der Waals surface area contributed by atoms with Crippen molar-refractivity contribution in [2.45, 2.75) is 57.2 Å². The molecule has 0 bridgehead atoms. The van der Waals surface area contributed by atoms with E-state index in [9.17, 15) is 13.2 Å². The van der Waals surface area contributed by atoms with Gasteiger partial charge in [-0.3, -0.25) is 4.79 Å². The summed E-state index contributed by atoms with van der Waals surface area (Å²) in [4.78, 5) is 12.5. The van der Waals surface area contributed by atoms with Gasteiger partial charge < -0.3 is 5.32 Å². The molecule has 26 heavy (non-hydrogen) atoms. The summed E-state index contributed by atoms with van der Waals surface area (Å²) in [6.45, 7) is 5.08. The molecule has 0 radical (unpaired) electrons. The maximum absolute atomic E-state index is 12.5. The molecule has 0 spiro atoms. The van der Waals surface area contributed by atoms with Crippen LogP contribution in [0.25, 0.3) is 10.1 Å². The van der Waals surface area contributed by atoms with Gasteiger partial charge in [-0.05, 0) is 75.4 Å². The molecule has 0 unspecified atom stereocenters. The lowest BCUT2D eigenvalue weighted by Gasteiger charge is -2.30. The van der Waals surface area contributed by atoms with Gasteiger partial charge in [0.2, 0.25) is 15.9 Å². The van der Waals surface area contributed by atoms with E-state index >= 15 is 0 Å². The van der Waals surface area contributed by atoms with Crippen LogP contribution in [-0.2, 0) is 14.8 Å². The standard InChI is InChI=1S/C19H26N2O3S2/c1-19(2,3)26(23,24)21-15-7-5-14(6-8-15)18(22)20-16-9-4-13-10-11-25-17(13)12-16/h4,9-12,14-15,21H,5-8H2,1-3H3,(H,20,22). The van der Waals surface area contributed by atoms with E-state index in [1.807, 2.05) is 23.6 Å². The third-order valence-electron chi connectivity index (χ3n) is 4.95. The van der Waals surface area contributed by atoms with Gasteiger partial charge in [0, 0.05) is 22.3 Å². The van der Waals surface area contributed by atoms with Crippen LogP contribution in [0.5, 0.6) is 0 Å². The zero-order valence-electron chi connectivity index (χ0n) is 15.4. The minimum absolute atomic E-state index is 0.0260. The van der Waals surface area contributed by atoms with E-state index in [0.717, 1.165) is 10.4 Å². The van der Waals surface area contributed by atoms with Gasteiger partial charge in [-0.15, -0.1) is 11.3 Å². The average molecular weight is 395 g/mol. The molecule has 1 aromatic heterocycles. The second-order valence-electron chi connectivity index (χ2n) is 7.94. The SMILES string of the molecule is CC(C)(C)S(=O)(=O)NC1CCC(C(=O)Nc2ccc3ccsc3c2)CC1. The van der Waals surface area contributed by atoms with Crippen molar-refractivity contribution in [1.29, 1.82) is 0 Å². The van der Waals surface area contributed by atoms with Crippen molar-refractivity contribution >= 4 is 43.0 Å². The zero-order chi connectivity index (χ0) is 18.9. The molecule has 1 fully saturated rings. The van der Waals surface area contributed by atoms with Crippen molar-refractivity contribution in [3.8, 4) is 0 Å². The summed E-state index contributed by atoms with van der Waals surface area (Å²) in [7, 11) is -3.35. The highest BCUT2D eigenvalue weighted by Gasteiger charge is 2.34. The van der Waals surface area contributed by atoms with Crippen LogP contribution in [0.4, 0.5) is 5.69 Å². The summed E-state index contributed by atoms with van der Waals surface area (Å²) in [5, 5.41) is 6.23. The molecule has 1 aromatic carbocycles. The number of anilines is 1. The number of benzene rings is 1. The minimum atomic E-state index is -3.35. The van der Waals surface area contributed by atoms with Crippen LogP contribution in [0.3, 0.4) is 0 Å². The van der Waals surface area contributed by atoms with E-state index in [1.165, 1.54) is 5.39 Å². The predicted molar refractivity (Wildman–Crippen MR) is 108 cm³/mol. The first kappa shape index (κ1) is 19.3. The highest BCUT2D eigenvalue weighted by molar-refractivity contribution is 7.90. The van der Waals surface area contributed by atoms with Gasteiger partial charge in [0.15, 0.2) is 0 Å².